The highest BCUT2D eigenvalue weighted by Gasteiger charge is 2.18. The topological polar surface area (TPSA) is 55.4 Å². The number of rotatable bonds is 3. The van der Waals surface area contributed by atoms with E-state index in [2.05, 4.69) is 16.1 Å². The molecule has 1 unspecified atom stereocenters. The quantitative estimate of drug-likeness (QED) is 0.670. The molecule has 0 fully saturated rings. The van der Waals surface area contributed by atoms with Crippen LogP contribution in [0.3, 0.4) is 0 Å². The van der Waals surface area contributed by atoms with Crippen molar-refractivity contribution in [2.24, 2.45) is 5.92 Å². The summed E-state index contributed by atoms with van der Waals surface area (Å²) in [6, 6.07) is 6.78. The minimum Gasteiger partial charge on any atom is -0.465 e. The summed E-state index contributed by atoms with van der Waals surface area (Å²) in [6.07, 6.45) is 6.74. The second-order valence-corrected chi connectivity index (χ2v) is 4.54. The van der Waals surface area contributed by atoms with E-state index in [1.54, 1.807) is 24.3 Å². The second-order valence-electron chi connectivity index (χ2n) is 4.54. The van der Waals surface area contributed by atoms with Crippen molar-refractivity contribution >= 4 is 17.6 Å². The number of amides is 1. The van der Waals surface area contributed by atoms with Crippen LogP contribution in [0.5, 0.6) is 0 Å². The first-order valence-corrected chi connectivity index (χ1v) is 6.35. The molecule has 1 atom stereocenters. The summed E-state index contributed by atoms with van der Waals surface area (Å²) in [5.41, 5.74) is 1.06. The lowest BCUT2D eigenvalue weighted by atomic mass is 9.93. The molecule has 100 valence electrons. The number of hydrogen-bond acceptors (Lipinski definition) is 3. The predicted molar refractivity (Wildman–Crippen MR) is 72.9 cm³/mol. The van der Waals surface area contributed by atoms with E-state index in [0.717, 1.165) is 19.3 Å². The lowest BCUT2D eigenvalue weighted by Gasteiger charge is -2.17. The minimum atomic E-state index is -0.406. The van der Waals surface area contributed by atoms with E-state index in [-0.39, 0.29) is 11.8 Å². The van der Waals surface area contributed by atoms with E-state index >= 15 is 0 Å². The smallest absolute Gasteiger partial charge is 0.337 e. The Morgan fingerprint density at radius 1 is 1.32 bits per heavy atom. The number of allylic oxidation sites excluding steroid dienone is 2. The van der Waals surface area contributed by atoms with Gasteiger partial charge in [-0.2, -0.15) is 0 Å². The Kier molecular flexibility index (Phi) is 4.34. The van der Waals surface area contributed by atoms with Crippen molar-refractivity contribution in [2.75, 3.05) is 12.4 Å². The summed E-state index contributed by atoms with van der Waals surface area (Å²) in [5.74, 6) is -0.380. The molecule has 1 amide bonds. The van der Waals surface area contributed by atoms with E-state index < -0.39 is 5.97 Å². The highest BCUT2D eigenvalue weighted by molar-refractivity contribution is 5.95. The second kappa shape index (κ2) is 6.18. The molecule has 4 heteroatoms. The molecule has 1 aromatic carbocycles. The summed E-state index contributed by atoms with van der Waals surface area (Å²) in [5, 5.41) is 2.85. The Morgan fingerprint density at radius 2 is 2.16 bits per heavy atom. The Balaban J connectivity index is 2.04. The first kappa shape index (κ1) is 13.3. The van der Waals surface area contributed by atoms with E-state index in [1.165, 1.54) is 7.11 Å². The van der Waals surface area contributed by atoms with Gasteiger partial charge in [0.1, 0.15) is 0 Å². The molecule has 0 aromatic heterocycles. The molecular formula is C15H17NO3. The van der Waals surface area contributed by atoms with E-state index in [1.807, 2.05) is 6.08 Å². The van der Waals surface area contributed by atoms with Gasteiger partial charge in [0.25, 0.3) is 0 Å². The van der Waals surface area contributed by atoms with Crippen LogP contribution in [0.25, 0.3) is 0 Å². The molecule has 4 nitrogen and oxygen atoms in total. The monoisotopic (exact) mass is 259 g/mol. The maximum absolute atomic E-state index is 12.1. The molecule has 19 heavy (non-hydrogen) atoms. The summed E-state index contributed by atoms with van der Waals surface area (Å²) in [6.45, 7) is 0. The number of hydrogen-bond donors (Lipinski definition) is 1. The van der Waals surface area contributed by atoms with Crippen molar-refractivity contribution in [1.82, 2.24) is 0 Å². The van der Waals surface area contributed by atoms with Gasteiger partial charge in [0.15, 0.2) is 0 Å². The summed E-state index contributed by atoms with van der Waals surface area (Å²) >= 11 is 0. The summed E-state index contributed by atoms with van der Waals surface area (Å²) in [7, 11) is 1.34. The molecule has 1 aliphatic rings. The number of esters is 1. The maximum atomic E-state index is 12.1. The lowest BCUT2D eigenvalue weighted by Crippen LogP contribution is -2.23. The van der Waals surface area contributed by atoms with Gasteiger partial charge in [0.2, 0.25) is 5.91 Å². The molecule has 0 saturated carbocycles. The molecular weight excluding hydrogens is 242 g/mol. The zero-order valence-corrected chi connectivity index (χ0v) is 10.9. The molecule has 1 aliphatic carbocycles. The number of benzene rings is 1. The van der Waals surface area contributed by atoms with Crippen LogP contribution in [0, 0.1) is 5.92 Å². The number of methoxy groups -OCH3 is 1. The normalized spacial score (nSPS) is 17.8. The standard InChI is InChI=1S/C15H17NO3/c1-19-15(18)12-8-5-9-13(10-12)16-14(17)11-6-3-2-4-7-11/h2-3,5,8-11H,4,6-7H2,1H3,(H,16,17). The number of ether oxygens (including phenoxy) is 1. The van der Waals surface area contributed by atoms with Crippen LogP contribution in [-0.2, 0) is 9.53 Å². The van der Waals surface area contributed by atoms with Gasteiger partial charge in [-0.25, -0.2) is 4.79 Å². The Bertz CT molecular complexity index is 508. The fourth-order valence-electron chi connectivity index (χ4n) is 2.12. The molecule has 1 aromatic rings. The van der Waals surface area contributed by atoms with Gasteiger partial charge in [-0.1, -0.05) is 18.2 Å². The molecule has 0 bridgehead atoms. The Hall–Kier alpha value is -2.10. The van der Waals surface area contributed by atoms with E-state index in [9.17, 15) is 9.59 Å². The van der Waals surface area contributed by atoms with E-state index in [4.69, 9.17) is 0 Å². The SMILES string of the molecule is COC(=O)c1cccc(NC(=O)C2CC=CCC2)c1. The molecule has 2 rings (SSSR count). The zero-order chi connectivity index (χ0) is 13.7. The average Bonchev–Trinajstić information content (AvgIpc) is 2.47. The van der Waals surface area contributed by atoms with Crippen molar-refractivity contribution in [1.29, 1.82) is 0 Å². The Morgan fingerprint density at radius 3 is 2.84 bits per heavy atom. The third-order valence-corrected chi connectivity index (χ3v) is 3.19. The van der Waals surface area contributed by atoms with Crippen LogP contribution in [0.4, 0.5) is 5.69 Å². The minimum absolute atomic E-state index is 0.00589. The van der Waals surface area contributed by atoms with Crippen molar-refractivity contribution in [2.45, 2.75) is 19.3 Å². The van der Waals surface area contributed by atoms with Crippen molar-refractivity contribution in [3.05, 3.63) is 42.0 Å². The average molecular weight is 259 g/mol. The lowest BCUT2D eigenvalue weighted by molar-refractivity contribution is -0.120. The van der Waals surface area contributed by atoms with Gasteiger partial charge in [-0.3, -0.25) is 4.79 Å². The van der Waals surface area contributed by atoms with Gasteiger partial charge < -0.3 is 10.1 Å². The first-order valence-electron chi connectivity index (χ1n) is 6.35. The van der Waals surface area contributed by atoms with Gasteiger partial charge in [-0.05, 0) is 37.5 Å². The number of nitrogens with one attached hydrogen (secondary N) is 1. The molecule has 0 heterocycles. The fourth-order valence-corrected chi connectivity index (χ4v) is 2.12. The third kappa shape index (κ3) is 3.44. The first-order chi connectivity index (χ1) is 9.20. The van der Waals surface area contributed by atoms with Crippen LogP contribution >= 0.6 is 0 Å². The van der Waals surface area contributed by atoms with Crippen LogP contribution in [-0.4, -0.2) is 19.0 Å². The number of carbonyl (C=O) groups is 2. The molecule has 1 N–H and O–H groups in total. The number of anilines is 1. The van der Waals surface area contributed by atoms with Crippen molar-refractivity contribution in [3.63, 3.8) is 0 Å². The molecule has 0 aliphatic heterocycles. The van der Waals surface area contributed by atoms with Crippen molar-refractivity contribution in [3.8, 4) is 0 Å². The Labute approximate surface area is 112 Å². The van der Waals surface area contributed by atoms with Gasteiger partial charge >= 0.3 is 5.97 Å². The van der Waals surface area contributed by atoms with Crippen LogP contribution < -0.4 is 5.32 Å². The molecule has 0 saturated heterocycles. The van der Waals surface area contributed by atoms with Gasteiger partial charge in [0.05, 0.1) is 12.7 Å². The summed E-state index contributed by atoms with van der Waals surface area (Å²) < 4.78 is 4.65. The maximum Gasteiger partial charge on any atom is 0.337 e. The highest BCUT2D eigenvalue weighted by atomic mass is 16.5. The predicted octanol–water partition coefficient (Wildman–Crippen LogP) is 2.77. The highest BCUT2D eigenvalue weighted by Crippen LogP contribution is 2.20. The van der Waals surface area contributed by atoms with E-state index in [0.29, 0.717) is 11.3 Å². The zero-order valence-electron chi connectivity index (χ0n) is 10.9. The van der Waals surface area contributed by atoms with Gasteiger partial charge in [-0.15, -0.1) is 0 Å². The molecule has 0 spiro atoms. The van der Waals surface area contributed by atoms with Crippen LogP contribution in [0.15, 0.2) is 36.4 Å². The van der Waals surface area contributed by atoms with Crippen LogP contribution in [0.1, 0.15) is 29.6 Å². The third-order valence-electron chi connectivity index (χ3n) is 3.19. The van der Waals surface area contributed by atoms with Gasteiger partial charge in [0, 0.05) is 11.6 Å². The van der Waals surface area contributed by atoms with Crippen molar-refractivity contribution < 1.29 is 14.3 Å². The summed E-state index contributed by atoms with van der Waals surface area (Å²) in [4.78, 5) is 23.5. The largest absolute Gasteiger partial charge is 0.465 e. The molecule has 0 radical (unpaired) electrons. The fraction of sp³-hybridized carbons (Fsp3) is 0.333. The number of carbonyl (C=O) groups excluding carboxylic acids is 2. The van der Waals surface area contributed by atoms with Crippen LogP contribution in [0.2, 0.25) is 0 Å².